The molecule has 1 aromatic rings. The van der Waals surface area contributed by atoms with Crippen LogP contribution in [0.2, 0.25) is 0 Å². The van der Waals surface area contributed by atoms with Gasteiger partial charge in [0.1, 0.15) is 11.9 Å². The van der Waals surface area contributed by atoms with Crippen LogP contribution in [0.25, 0.3) is 0 Å². The van der Waals surface area contributed by atoms with Crippen LogP contribution < -0.4 is 10.6 Å². The molecule has 0 radical (unpaired) electrons. The van der Waals surface area contributed by atoms with Crippen molar-refractivity contribution >= 4 is 21.8 Å². The second kappa shape index (κ2) is 7.15. The minimum Gasteiger partial charge on any atom is -0.355 e. The molecule has 1 aliphatic heterocycles. The van der Waals surface area contributed by atoms with Crippen LogP contribution in [0.5, 0.6) is 0 Å². The van der Waals surface area contributed by atoms with E-state index in [2.05, 4.69) is 31.5 Å². The maximum Gasteiger partial charge on any atom is 0.238 e. The first-order valence-electron chi connectivity index (χ1n) is 6.78. The summed E-state index contributed by atoms with van der Waals surface area (Å²) in [6.07, 6.45) is 0. The third-order valence-corrected chi connectivity index (χ3v) is 4.13. The molecule has 1 aromatic carbocycles. The first-order valence-corrected chi connectivity index (χ1v) is 7.57. The molecule has 2 rings (SSSR count). The lowest BCUT2D eigenvalue weighted by atomic mass is 10.1. The van der Waals surface area contributed by atoms with Crippen molar-refractivity contribution < 1.29 is 9.18 Å². The van der Waals surface area contributed by atoms with E-state index in [1.807, 2.05) is 6.92 Å². The molecule has 6 heteroatoms. The standard InChI is InChI=1S/C14H19BrFN3O/c1-2-18-14(20)13-8-17-5-6-19(13)9-10-3-4-11(16)7-12(10)15/h3-4,7,13,17H,2,5-6,8-9H2,1H3,(H,18,20). The second-order valence-electron chi connectivity index (χ2n) is 4.82. The van der Waals surface area contributed by atoms with Crippen molar-refractivity contribution in [3.8, 4) is 0 Å². The van der Waals surface area contributed by atoms with Crippen LogP contribution in [-0.4, -0.2) is 43.0 Å². The van der Waals surface area contributed by atoms with Crippen LogP contribution in [0.15, 0.2) is 22.7 Å². The summed E-state index contributed by atoms with van der Waals surface area (Å²) in [5, 5.41) is 6.10. The van der Waals surface area contributed by atoms with E-state index in [1.54, 1.807) is 6.07 Å². The number of rotatable bonds is 4. The molecule has 20 heavy (non-hydrogen) atoms. The van der Waals surface area contributed by atoms with Gasteiger partial charge in [-0.05, 0) is 24.6 Å². The number of likely N-dealkylation sites (N-methyl/N-ethyl adjacent to an activating group) is 1. The van der Waals surface area contributed by atoms with E-state index in [1.165, 1.54) is 12.1 Å². The molecule has 110 valence electrons. The number of nitrogens with zero attached hydrogens (tertiary/aromatic N) is 1. The van der Waals surface area contributed by atoms with Crippen molar-refractivity contribution in [3.05, 3.63) is 34.1 Å². The topological polar surface area (TPSA) is 44.4 Å². The molecule has 1 fully saturated rings. The van der Waals surface area contributed by atoms with E-state index in [4.69, 9.17) is 0 Å². The maximum absolute atomic E-state index is 13.1. The van der Waals surface area contributed by atoms with Crippen LogP contribution in [0.1, 0.15) is 12.5 Å². The van der Waals surface area contributed by atoms with Crippen molar-refractivity contribution in [2.24, 2.45) is 0 Å². The van der Waals surface area contributed by atoms with Crippen molar-refractivity contribution in [2.45, 2.75) is 19.5 Å². The van der Waals surface area contributed by atoms with Crippen LogP contribution in [0.4, 0.5) is 4.39 Å². The predicted octanol–water partition coefficient (Wildman–Crippen LogP) is 1.50. The molecule has 4 nitrogen and oxygen atoms in total. The minimum absolute atomic E-state index is 0.0398. The molecule has 1 amide bonds. The number of carbonyl (C=O) groups is 1. The summed E-state index contributed by atoms with van der Waals surface area (Å²) >= 11 is 3.38. The predicted molar refractivity (Wildman–Crippen MR) is 79.9 cm³/mol. The van der Waals surface area contributed by atoms with Crippen LogP contribution in [0, 0.1) is 5.82 Å². The van der Waals surface area contributed by atoms with Gasteiger partial charge in [-0.3, -0.25) is 9.69 Å². The molecule has 1 heterocycles. The van der Waals surface area contributed by atoms with E-state index in [-0.39, 0.29) is 17.8 Å². The number of piperazine rings is 1. The summed E-state index contributed by atoms with van der Waals surface area (Å²) in [7, 11) is 0. The number of hydrogen-bond acceptors (Lipinski definition) is 3. The molecule has 0 aliphatic carbocycles. The van der Waals surface area contributed by atoms with Crippen molar-refractivity contribution in [2.75, 3.05) is 26.2 Å². The van der Waals surface area contributed by atoms with E-state index < -0.39 is 0 Å². The molecule has 1 atom stereocenters. The molecule has 0 bridgehead atoms. The second-order valence-corrected chi connectivity index (χ2v) is 5.68. The molecule has 0 spiro atoms. The molecule has 2 N–H and O–H groups in total. The Morgan fingerprint density at radius 3 is 3.10 bits per heavy atom. The summed E-state index contributed by atoms with van der Waals surface area (Å²) in [5.41, 5.74) is 0.989. The quantitative estimate of drug-likeness (QED) is 0.870. The largest absolute Gasteiger partial charge is 0.355 e. The number of halogens is 2. The summed E-state index contributed by atoms with van der Waals surface area (Å²) in [4.78, 5) is 14.2. The van der Waals surface area contributed by atoms with Gasteiger partial charge in [-0.15, -0.1) is 0 Å². The Morgan fingerprint density at radius 1 is 1.60 bits per heavy atom. The normalized spacial score (nSPS) is 19.9. The van der Waals surface area contributed by atoms with Gasteiger partial charge in [-0.1, -0.05) is 22.0 Å². The highest BCUT2D eigenvalue weighted by atomic mass is 79.9. The van der Waals surface area contributed by atoms with Crippen molar-refractivity contribution in [3.63, 3.8) is 0 Å². The van der Waals surface area contributed by atoms with Crippen LogP contribution >= 0.6 is 15.9 Å². The molecular weight excluding hydrogens is 325 g/mol. The lowest BCUT2D eigenvalue weighted by molar-refractivity contribution is -0.127. The zero-order valence-electron chi connectivity index (χ0n) is 11.5. The van der Waals surface area contributed by atoms with Crippen LogP contribution in [-0.2, 0) is 11.3 Å². The van der Waals surface area contributed by atoms with Gasteiger partial charge >= 0.3 is 0 Å². The number of benzene rings is 1. The van der Waals surface area contributed by atoms with Gasteiger partial charge in [0.15, 0.2) is 0 Å². The van der Waals surface area contributed by atoms with E-state index in [0.29, 0.717) is 19.6 Å². The van der Waals surface area contributed by atoms with Gasteiger partial charge in [0.2, 0.25) is 5.91 Å². The Kier molecular flexibility index (Phi) is 5.51. The lowest BCUT2D eigenvalue weighted by Crippen LogP contribution is -2.57. The van der Waals surface area contributed by atoms with Gasteiger partial charge in [0, 0.05) is 37.2 Å². The Balaban J connectivity index is 2.10. The van der Waals surface area contributed by atoms with Gasteiger partial charge in [0.05, 0.1) is 0 Å². The Morgan fingerprint density at radius 2 is 2.40 bits per heavy atom. The van der Waals surface area contributed by atoms with E-state index in [9.17, 15) is 9.18 Å². The van der Waals surface area contributed by atoms with E-state index >= 15 is 0 Å². The zero-order valence-corrected chi connectivity index (χ0v) is 13.0. The molecule has 0 saturated carbocycles. The van der Waals surface area contributed by atoms with E-state index in [0.717, 1.165) is 23.1 Å². The molecule has 1 aliphatic rings. The van der Waals surface area contributed by atoms with Crippen molar-refractivity contribution in [1.82, 2.24) is 15.5 Å². The Labute approximate surface area is 126 Å². The molecule has 0 aromatic heterocycles. The summed E-state index contributed by atoms with van der Waals surface area (Å²) in [6, 6.07) is 4.49. The summed E-state index contributed by atoms with van der Waals surface area (Å²) < 4.78 is 13.9. The fourth-order valence-electron chi connectivity index (χ4n) is 2.35. The molecule has 1 saturated heterocycles. The third kappa shape index (κ3) is 3.77. The third-order valence-electron chi connectivity index (χ3n) is 3.40. The zero-order chi connectivity index (χ0) is 14.5. The van der Waals surface area contributed by atoms with Gasteiger partial charge in [0.25, 0.3) is 0 Å². The SMILES string of the molecule is CCNC(=O)C1CNCCN1Cc1ccc(F)cc1Br. The fourth-order valence-corrected chi connectivity index (χ4v) is 2.83. The highest BCUT2D eigenvalue weighted by Crippen LogP contribution is 2.21. The van der Waals surface area contributed by atoms with Gasteiger partial charge in [-0.25, -0.2) is 4.39 Å². The number of amides is 1. The monoisotopic (exact) mass is 343 g/mol. The van der Waals surface area contributed by atoms with Crippen molar-refractivity contribution in [1.29, 1.82) is 0 Å². The average molecular weight is 344 g/mol. The maximum atomic E-state index is 13.1. The Hall–Kier alpha value is -0.980. The molecular formula is C14H19BrFN3O. The van der Waals surface area contributed by atoms with Gasteiger partial charge in [-0.2, -0.15) is 0 Å². The minimum atomic E-state index is -0.263. The number of hydrogen-bond donors (Lipinski definition) is 2. The van der Waals surface area contributed by atoms with Crippen LogP contribution in [0.3, 0.4) is 0 Å². The highest BCUT2D eigenvalue weighted by Gasteiger charge is 2.28. The fraction of sp³-hybridized carbons (Fsp3) is 0.500. The van der Waals surface area contributed by atoms with Gasteiger partial charge < -0.3 is 10.6 Å². The highest BCUT2D eigenvalue weighted by molar-refractivity contribution is 9.10. The Bertz CT molecular complexity index is 483. The smallest absolute Gasteiger partial charge is 0.238 e. The molecule has 1 unspecified atom stereocenters. The lowest BCUT2D eigenvalue weighted by Gasteiger charge is -2.35. The summed E-state index contributed by atoms with van der Waals surface area (Å²) in [6.45, 7) is 5.47. The number of carbonyl (C=O) groups excluding carboxylic acids is 1. The average Bonchev–Trinajstić information content (AvgIpc) is 2.43. The first kappa shape index (κ1) is 15.4. The number of nitrogens with one attached hydrogen (secondary N) is 2. The first-order chi connectivity index (χ1) is 9.61. The summed E-state index contributed by atoms with van der Waals surface area (Å²) in [5.74, 6) is -0.223.